The summed E-state index contributed by atoms with van der Waals surface area (Å²) in [5.41, 5.74) is 5.92. The van der Waals surface area contributed by atoms with Crippen molar-refractivity contribution in [2.75, 3.05) is 39.8 Å². The third kappa shape index (κ3) is 4.12. The van der Waals surface area contributed by atoms with Gasteiger partial charge < -0.3 is 15.5 Å². The van der Waals surface area contributed by atoms with Crippen LogP contribution in [0, 0.1) is 5.92 Å². The zero-order valence-electron chi connectivity index (χ0n) is 13.8. The minimum Gasteiger partial charge on any atom is -0.338 e. The fourth-order valence-corrected chi connectivity index (χ4v) is 3.08. The van der Waals surface area contributed by atoms with Crippen LogP contribution in [0.5, 0.6) is 0 Å². The first-order chi connectivity index (χ1) is 9.91. The Morgan fingerprint density at radius 3 is 2.05 bits per heavy atom. The molecule has 22 heavy (non-hydrogen) atoms. The van der Waals surface area contributed by atoms with Crippen LogP contribution >= 0.6 is 12.4 Å². The van der Waals surface area contributed by atoms with Crippen LogP contribution in [0.4, 0.5) is 0 Å². The molecule has 0 radical (unpaired) electrons. The molecule has 0 saturated carbocycles. The van der Waals surface area contributed by atoms with Gasteiger partial charge in [0.2, 0.25) is 11.8 Å². The molecule has 2 N–H and O–H groups in total. The Bertz CT molecular complexity index is 397. The minimum atomic E-state index is -0.437. The molecule has 2 saturated heterocycles. The summed E-state index contributed by atoms with van der Waals surface area (Å²) in [7, 11) is 2.01. The van der Waals surface area contributed by atoms with Crippen molar-refractivity contribution in [3.05, 3.63) is 0 Å². The molecule has 2 atom stereocenters. The Morgan fingerprint density at radius 2 is 1.59 bits per heavy atom. The van der Waals surface area contributed by atoms with Crippen molar-refractivity contribution in [2.24, 2.45) is 11.7 Å². The Morgan fingerprint density at radius 1 is 1.05 bits per heavy atom. The first kappa shape index (κ1) is 19.2. The molecule has 0 aromatic heterocycles. The summed E-state index contributed by atoms with van der Waals surface area (Å²) >= 11 is 0. The number of carbonyl (C=O) groups is 2. The highest BCUT2D eigenvalue weighted by Gasteiger charge is 2.34. The van der Waals surface area contributed by atoms with E-state index in [4.69, 9.17) is 5.73 Å². The molecule has 1 unspecified atom stereocenters. The van der Waals surface area contributed by atoms with Gasteiger partial charge >= 0.3 is 0 Å². The van der Waals surface area contributed by atoms with E-state index in [0.29, 0.717) is 26.2 Å². The third-order valence-corrected chi connectivity index (χ3v) is 4.71. The van der Waals surface area contributed by atoms with Crippen LogP contribution in [0.25, 0.3) is 0 Å². The molecule has 0 bridgehead atoms. The molecule has 0 spiro atoms. The van der Waals surface area contributed by atoms with Crippen LogP contribution < -0.4 is 5.73 Å². The normalized spacial score (nSPS) is 24.3. The van der Waals surface area contributed by atoms with Gasteiger partial charge in [0.25, 0.3) is 0 Å². The van der Waals surface area contributed by atoms with E-state index in [1.54, 1.807) is 4.90 Å². The van der Waals surface area contributed by atoms with Crippen molar-refractivity contribution < 1.29 is 9.59 Å². The Hall–Kier alpha value is -0.850. The first-order valence-corrected chi connectivity index (χ1v) is 7.95. The summed E-state index contributed by atoms with van der Waals surface area (Å²) in [5, 5.41) is 0. The van der Waals surface area contributed by atoms with Crippen molar-refractivity contribution in [3.63, 3.8) is 0 Å². The van der Waals surface area contributed by atoms with Crippen LogP contribution in [-0.4, -0.2) is 78.4 Å². The molecule has 128 valence electrons. The number of nitrogens with two attached hydrogens (primary N) is 1. The maximum Gasteiger partial charge on any atom is 0.240 e. The molecule has 6 nitrogen and oxygen atoms in total. The van der Waals surface area contributed by atoms with Crippen LogP contribution in [0.2, 0.25) is 0 Å². The smallest absolute Gasteiger partial charge is 0.240 e. The maximum absolute atomic E-state index is 12.5. The highest BCUT2D eigenvalue weighted by atomic mass is 35.5. The molecule has 0 aliphatic carbocycles. The Labute approximate surface area is 139 Å². The number of rotatable bonds is 3. The van der Waals surface area contributed by atoms with E-state index in [2.05, 4.69) is 4.90 Å². The summed E-state index contributed by atoms with van der Waals surface area (Å²) in [4.78, 5) is 30.5. The van der Waals surface area contributed by atoms with E-state index < -0.39 is 6.04 Å². The average Bonchev–Trinajstić information content (AvgIpc) is 2.91. The SMILES string of the molecule is CC(C)[C@H](N)C(=O)N1CCN(C(=O)C2CCCN2C)CC1.Cl. The summed E-state index contributed by atoms with van der Waals surface area (Å²) in [6.07, 6.45) is 2.04. The fraction of sp³-hybridized carbons (Fsp3) is 0.867. The van der Waals surface area contributed by atoms with Crippen molar-refractivity contribution >= 4 is 24.2 Å². The van der Waals surface area contributed by atoms with Gasteiger partial charge in [0.15, 0.2) is 0 Å². The largest absolute Gasteiger partial charge is 0.338 e. The predicted molar refractivity (Wildman–Crippen MR) is 88.9 cm³/mol. The topological polar surface area (TPSA) is 69.9 Å². The summed E-state index contributed by atoms with van der Waals surface area (Å²) < 4.78 is 0. The second kappa shape index (κ2) is 8.13. The number of halogens is 1. The predicted octanol–water partition coefficient (Wildman–Crippen LogP) is 0.157. The van der Waals surface area contributed by atoms with Crippen molar-refractivity contribution in [1.29, 1.82) is 0 Å². The third-order valence-electron chi connectivity index (χ3n) is 4.71. The van der Waals surface area contributed by atoms with Crippen LogP contribution in [0.1, 0.15) is 26.7 Å². The summed E-state index contributed by atoms with van der Waals surface area (Å²) in [5.74, 6) is 0.370. The molecule has 7 heteroatoms. The van der Waals surface area contributed by atoms with E-state index in [0.717, 1.165) is 19.4 Å². The Balaban J connectivity index is 0.00000242. The van der Waals surface area contributed by atoms with Gasteiger partial charge in [-0.2, -0.15) is 0 Å². The number of carbonyl (C=O) groups excluding carboxylic acids is 2. The van der Waals surface area contributed by atoms with Crippen LogP contribution in [-0.2, 0) is 9.59 Å². The van der Waals surface area contributed by atoms with Gasteiger partial charge in [0.1, 0.15) is 0 Å². The number of hydrogen-bond acceptors (Lipinski definition) is 4. The molecule has 2 heterocycles. The first-order valence-electron chi connectivity index (χ1n) is 7.95. The van der Waals surface area contributed by atoms with Gasteiger partial charge in [-0.05, 0) is 32.4 Å². The standard InChI is InChI=1S/C15H28N4O2.ClH/c1-11(2)13(16)15(21)19-9-7-18(8-10-19)14(20)12-5-4-6-17(12)3;/h11-13H,4-10,16H2,1-3H3;1H/t12?,13-;/m0./s1. The lowest BCUT2D eigenvalue weighted by atomic mass is 10.0. The molecule has 2 rings (SSSR count). The molecular formula is C15H29ClN4O2. The summed E-state index contributed by atoms with van der Waals surface area (Å²) in [6.45, 7) is 7.36. The van der Waals surface area contributed by atoms with Gasteiger partial charge in [-0.1, -0.05) is 13.8 Å². The number of hydrogen-bond donors (Lipinski definition) is 1. The van der Waals surface area contributed by atoms with Gasteiger partial charge in [0, 0.05) is 26.2 Å². The fourth-order valence-electron chi connectivity index (χ4n) is 3.08. The minimum absolute atomic E-state index is 0. The van der Waals surface area contributed by atoms with E-state index >= 15 is 0 Å². The maximum atomic E-state index is 12.5. The second-order valence-electron chi connectivity index (χ2n) is 6.56. The molecule has 2 aliphatic heterocycles. The quantitative estimate of drug-likeness (QED) is 0.799. The molecule has 0 aromatic rings. The van der Waals surface area contributed by atoms with Crippen molar-refractivity contribution in [3.8, 4) is 0 Å². The molecule has 2 amide bonds. The van der Waals surface area contributed by atoms with Gasteiger partial charge in [-0.15, -0.1) is 12.4 Å². The Kier molecular flexibility index (Phi) is 7.09. The lowest BCUT2D eigenvalue weighted by Crippen LogP contribution is -2.57. The van der Waals surface area contributed by atoms with Crippen LogP contribution in [0.3, 0.4) is 0 Å². The average molecular weight is 333 g/mol. The molecular weight excluding hydrogens is 304 g/mol. The van der Waals surface area contributed by atoms with Crippen LogP contribution in [0.15, 0.2) is 0 Å². The number of amides is 2. The van der Waals surface area contributed by atoms with E-state index in [-0.39, 0.29) is 36.2 Å². The van der Waals surface area contributed by atoms with Gasteiger partial charge in [0.05, 0.1) is 12.1 Å². The lowest BCUT2D eigenvalue weighted by Gasteiger charge is -2.38. The molecule has 2 fully saturated rings. The number of likely N-dealkylation sites (tertiary alicyclic amines) is 1. The number of likely N-dealkylation sites (N-methyl/N-ethyl adjacent to an activating group) is 1. The molecule has 0 aromatic carbocycles. The second-order valence-corrected chi connectivity index (χ2v) is 6.56. The van der Waals surface area contributed by atoms with Crippen molar-refractivity contribution in [1.82, 2.24) is 14.7 Å². The van der Waals surface area contributed by atoms with E-state index in [1.807, 2.05) is 25.8 Å². The highest BCUT2D eigenvalue weighted by molar-refractivity contribution is 5.85. The monoisotopic (exact) mass is 332 g/mol. The number of nitrogens with zero attached hydrogens (tertiary/aromatic N) is 3. The lowest BCUT2D eigenvalue weighted by molar-refractivity contribution is -0.143. The van der Waals surface area contributed by atoms with Gasteiger partial charge in [-0.25, -0.2) is 0 Å². The molecule has 2 aliphatic rings. The zero-order valence-corrected chi connectivity index (χ0v) is 14.6. The van der Waals surface area contributed by atoms with Gasteiger partial charge in [-0.3, -0.25) is 14.5 Å². The van der Waals surface area contributed by atoms with E-state index in [1.165, 1.54) is 0 Å². The number of piperazine rings is 1. The highest BCUT2D eigenvalue weighted by Crippen LogP contribution is 2.18. The van der Waals surface area contributed by atoms with E-state index in [9.17, 15) is 9.59 Å². The zero-order chi connectivity index (χ0) is 15.6. The summed E-state index contributed by atoms with van der Waals surface area (Å²) in [6, 6.07) is -0.404. The van der Waals surface area contributed by atoms with Crippen molar-refractivity contribution in [2.45, 2.75) is 38.8 Å².